The van der Waals surface area contributed by atoms with Gasteiger partial charge in [0.1, 0.15) is 0 Å². The molecule has 2 heterocycles. The van der Waals surface area contributed by atoms with Crippen molar-refractivity contribution in [3.8, 4) is 0 Å². The molecule has 0 amide bonds. The number of nitrogens with one attached hydrogen (secondary N) is 1. The zero-order chi connectivity index (χ0) is 12.3. The molecule has 1 aliphatic rings. The van der Waals surface area contributed by atoms with Crippen LogP contribution in [-0.2, 0) is 0 Å². The van der Waals surface area contributed by atoms with Crippen LogP contribution in [0.5, 0.6) is 0 Å². The normalized spacial score (nSPS) is 17.2. The van der Waals surface area contributed by atoms with Crippen LogP contribution in [-0.4, -0.2) is 54.6 Å². The van der Waals surface area contributed by atoms with E-state index in [9.17, 15) is 4.39 Å². The second-order valence-electron chi connectivity index (χ2n) is 4.04. The Balaban J connectivity index is 2.12. The molecule has 0 unspecified atom stereocenters. The summed E-state index contributed by atoms with van der Waals surface area (Å²) in [5, 5.41) is 2.83. The predicted molar refractivity (Wildman–Crippen MR) is 65.9 cm³/mol. The summed E-state index contributed by atoms with van der Waals surface area (Å²) >= 11 is 0. The van der Waals surface area contributed by atoms with Crippen molar-refractivity contribution in [2.75, 3.05) is 50.0 Å². The van der Waals surface area contributed by atoms with Gasteiger partial charge in [-0.1, -0.05) is 6.92 Å². The molecule has 0 bridgehead atoms. The standard InChI is InChI=1S/C11H18FN5/c1-3-16-4-6-17(7-5-16)10-9(12)8-14-11(13-2)15-10/h8H,3-7H2,1-2H3,(H,13,14,15). The van der Waals surface area contributed by atoms with Crippen LogP contribution < -0.4 is 10.2 Å². The van der Waals surface area contributed by atoms with Gasteiger partial charge in [0.2, 0.25) is 5.95 Å². The molecule has 17 heavy (non-hydrogen) atoms. The van der Waals surface area contributed by atoms with E-state index in [1.165, 1.54) is 6.20 Å². The van der Waals surface area contributed by atoms with Gasteiger partial charge >= 0.3 is 0 Å². The number of anilines is 2. The van der Waals surface area contributed by atoms with Crippen molar-refractivity contribution in [1.29, 1.82) is 0 Å². The molecule has 0 radical (unpaired) electrons. The highest BCUT2D eigenvalue weighted by molar-refractivity contribution is 5.44. The highest BCUT2D eigenvalue weighted by atomic mass is 19.1. The fourth-order valence-corrected chi connectivity index (χ4v) is 1.98. The molecule has 94 valence electrons. The minimum atomic E-state index is -0.353. The van der Waals surface area contributed by atoms with Crippen LogP contribution in [0.3, 0.4) is 0 Å². The maximum Gasteiger partial charge on any atom is 0.224 e. The number of halogens is 1. The van der Waals surface area contributed by atoms with Crippen molar-refractivity contribution >= 4 is 11.8 Å². The Hall–Kier alpha value is -1.43. The molecule has 0 aliphatic carbocycles. The van der Waals surface area contributed by atoms with Crippen LogP contribution in [0.1, 0.15) is 6.92 Å². The Labute approximate surface area is 101 Å². The van der Waals surface area contributed by atoms with Crippen LogP contribution in [0.2, 0.25) is 0 Å². The third-order valence-electron chi connectivity index (χ3n) is 3.07. The summed E-state index contributed by atoms with van der Waals surface area (Å²) in [5.74, 6) is 0.508. The van der Waals surface area contributed by atoms with Gasteiger partial charge in [0.15, 0.2) is 11.6 Å². The van der Waals surface area contributed by atoms with Crippen LogP contribution >= 0.6 is 0 Å². The number of hydrogen-bond donors (Lipinski definition) is 1. The van der Waals surface area contributed by atoms with E-state index in [1.54, 1.807) is 7.05 Å². The van der Waals surface area contributed by atoms with Crippen molar-refractivity contribution in [2.45, 2.75) is 6.92 Å². The molecule has 1 aromatic heterocycles. The molecule has 0 aromatic carbocycles. The van der Waals surface area contributed by atoms with E-state index >= 15 is 0 Å². The van der Waals surface area contributed by atoms with Gasteiger partial charge in [-0.3, -0.25) is 0 Å². The zero-order valence-electron chi connectivity index (χ0n) is 10.3. The van der Waals surface area contributed by atoms with Gasteiger partial charge in [0, 0.05) is 33.2 Å². The summed E-state index contributed by atoms with van der Waals surface area (Å²) in [7, 11) is 1.73. The Morgan fingerprint density at radius 1 is 1.35 bits per heavy atom. The molecule has 2 rings (SSSR count). The summed E-state index contributed by atoms with van der Waals surface area (Å²) in [6.45, 7) is 6.71. The molecule has 0 atom stereocenters. The van der Waals surface area contributed by atoms with Gasteiger partial charge in [-0.25, -0.2) is 9.37 Å². The average Bonchev–Trinajstić information content (AvgIpc) is 2.39. The zero-order valence-corrected chi connectivity index (χ0v) is 10.3. The summed E-state index contributed by atoms with van der Waals surface area (Å²) in [4.78, 5) is 12.3. The SMILES string of the molecule is CCN1CCN(c2nc(NC)ncc2F)CC1. The van der Waals surface area contributed by atoms with Gasteiger partial charge in [0.05, 0.1) is 6.20 Å². The summed E-state index contributed by atoms with van der Waals surface area (Å²) in [6, 6.07) is 0. The second kappa shape index (κ2) is 5.27. The topological polar surface area (TPSA) is 44.3 Å². The fourth-order valence-electron chi connectivity index (χ4n) is 1.98. The van der Waals surface area contributed by atoms with Crippen LogP contribution in [0, 0.1) is 5.82 Å². The first-order valence-corrected chi connectivity index (χ1v) is 5.92. The van der Waals surface area contributed by atoms with Gasteiger partial charge in [-0.2, -0.15) is 4.98 Å². The second-order valence-corrected chi connectivity index (χ2v) is 4.04. The number of nitrogens with zero attached hydrogens (tertiary/aromatic N) is 4. The molecule has 0 spiro atoms. The molecule has 1 fully saturated rings. The number of aromatic nitrogens is 2. The summed E-state index contributed by atoms with van der Waals surface area (Å²) < 4.78 is 13.7. The average molecular weight is 239 g/mol. The molecule has 1 saturated heterocycles. The van der Waals surface area contributed by atoms with E-state index < -0.39 is 0 Å². The molecular formula is C11H18FN5. The highest BCUT2D eigenvalue weighted by Gasteiger charge is 2.20. The fraction of sp³-hybridized carbons (Fsp3) is 0.636. The first-order chi connectivity index (χ1) is 8.24. The van der Waals surface area contributed by atoms with E-state index in [4.69, 9.17) is 0 Å². The lowest BCUT2D eigenvalue weighted by Gasteiger charge is -2.34. The minimum absolute atomic E-state index is 0.353. The van der Waals surface area contributed by atoms with E-state index in [2.05, 4.69) is 27.1 Å². The third-order valence-corrected chi connectivity index (χ3v) is 3.07. The lowest BCUT2D eigenvalue weighted by atomic mass is 10.3. The van der Waals surface area contributed by atoms with Gasteiger partial charge in [-0.15, -0.1) is 0 Å². The maximum atomic E-state index is 13.7. The molecule has 1 N–H and O–H groups in total. The van der Waals surface area contributed by atoms with Crippen LogP contribution in [0.15, 0.2) is 6.20 Å². The first-order valence-electron chi connectivity index (χ1n) is 5.92. The lowest BCUT2D eigenvalue weighted by molar-refractivity contribution is 0.269. The van der Waals surface area contributed by atoms with Crippen molar-refractivity contribution in [2.24, 2.45) is 0 Å². The minimum Gasteiger partial charge on any atom is -0.357 e. The van der Waals surface area contributed by atoms with E-state index in [0.717, 1.165) is 32.7 Å². The van der Waals surface area contributed by atoms with E-state index in [1.807, 2.05) is 4.90 Å². The Bertz CT molecular complexity index is 376. The van der Waals surface area contributed by atoms with Crippen molar-refractivity contribution in [3.63, 3.8) is 0 Å². The first kappa shape index (κ1) is 12.0. The monoisotopic (exact) mass is 239 g/mol. The summed E-state index contributed by atoms with van der Waals surface area (Å²) in [6.07, 6.45) is 1.22. The van der Waals surface area contributed by atoms with E-state index in [-0.39, 0.29) is 5.82 Å². The van der Waals surface area contributed by atoms with Crippen molar-refractivity contribution in [1.82, 2.24) is 14.9 Å². The van der Waals surface area contributed by atoms with Crippen LogP contribution in [0.25, 0.3) is 0 Å². The van der Waals surface area contributed by atoms with Crippen LogP contribution in [0.4, 0.5) is 16.2 Å². The molecule has 0 saturated carbocycles. The summed E-state index contributed by atoms with van der Waals surface area (Å²) in [5.41, 5.74) is 0. The Morgan fingerprint density at radius 2 is 2.06 bits per heavy atom. The lowest BCUT2D eigenvalue weighted by Crippen LogP contribution is -2.46. The molecule has 6 heteroatoms. The molecular weight excluding hydrogens is 221 g/mol. The molecule has 5 nitrogen and oxygen atoms in total. The third kappa shape index (κ3) is 2.63. The maximum absolute atomic E-state index is 13.7. The number of rotatable bonds is 3. The number of hydrogen-bond acceptors (Lipinski definition) is 5. The number of likely N-dealkylation sites (N-methyl/N-ethyl adjacent to an activating group) is 1. The predicted octanol–water partition coefficient (Wildman–Crippen LogP) is 0.799. The number of piperazine rings is 1. The van der Waals surface area contributed by atoms with Gasteiger partial charge in [0.25, 0.3) is 0 Å². The van der Waals surface area contributed by atoms with Gasteiger partial charge in [-0.05, 0) is 6.54 Å². The van der Waals surface area contributed by atoms with Crippen molar-refractivity contribution < 1.29 is 4.39 Å². The van der Waals surface area contributed by atoms with E-state index in [0.29, 0.717) is 11.8 Å². The van der Waals surface area contributed by atoms with Gasteiger partial charge < -0.3 is 15.1 Å². The van der Waals surface area contributed by atoms with Crippen molar-refractivity contribution in [3.05, 3.63) is 12.0 Å². The quantitative estimate of drug-likeness (QED) is 0.845. The molecule has 1 aliphatic heterocycles. The smallest absolute Gasteiger partial charge is 0.224 e. The highest BCUT2D eigenvalue weighted by Crippen LogP contribution is 2.18. The largest absolute Gasteiger partial charge is 0.357 e. The Kier molecular flexibility index (Phi) is 3.73. The Morgan fingerprint density at radius 3 is 2.65 bits per heavy atom. The molecule has 1 aromatic rings.